The Balaban J connectivity index is 1.16. The molecular weight excluding hydrogens is 888 g/mol. The SMILES string of the molecule is CC(C)(C)c1ccc2c(c1)c1cc(C(C)(C)C)ccc1n2-c1cc2c3c(c1)N(c1c(-c4ccccc4)cccc1-c1ccccc1)c1ccc(-c4ccccc4)cc1B3c1cc(-c3ccccc3)ccc1S2. The third-order valence-electron chi connectivity index (χ3n) is 15.2. The minimum atomic E-state index is -0.0372. The average molecular weight is 943 g/mol. The van der Waals surface area contributed by atoms with Gasteiger partial charge in [-0.1, -0.05) is 235 Å². The lowest BCUT2D eigenvalue weighted by atomic mass is 9.34. The summed E-state index contributed by atoms with van der Waals surface area (Å²) >= 11 is 1.92. The highest BCUT2D eigenvalue weighted by Gasteiger charge is 2.43. The van der Waals surface area contributed by atoms with Gasteiger partial charge in [0.2, 0.25) is 6.71 Å². The zero-order chi connectivity index (χ0) is 48.9. The molecule has 0 saturated carbocycles. The Morgan fingerprint density at radius 3 is 1.38 bits per heavy atom. The molecule has 72 heavy (non-hydrogen) atoms. The van der Waals surface area contributed by atoms with Gasteiger partial charge in [0.1, 0.15) is 0 Å². The minimum absolute atomic E-state index is 0.00344. The van der Waals surface area contributed by atoms with Crippen molar-refractivity contribution in [3.05, 3.63) is 236 Å². The first-order valence-corrected chi connectivity index (χ1v) is 26.2. The van der Waals surface area contributed by atoms with E-state index in [1.54, 1.807) is 0 Å². The molecule has 0 unspecified atom stereocenters. The van der Waals surface area contributed by atoms with Crippen molar-refractivity contribution < 1.29 is 0 Å². The molecule has 2 aliphatic heterocycles. The monoisotopic (exact) mass is 942 g/mol. The number of rotatable bonds is 6. The maximum Gasteiger partial charge on any atom is 0.249 e. The lowest BCUT2D eigenvalue weighted by Crippen LogP contribution is -2.60. The molecule has 0 aliphatic carbocycles. The van der Waals surface area contributed by atoms with Crippen LogP contribution in [0.15, 0.2) is 234 Å². The number of aromatic nitrogens is 1. The van der Waals surface area contributed by atoms with Gasteiger partial charge in [0, 0.05) is 48.8 Å². The zero-order valence-electron chi connectivity index (χ0n) is 41.7. The van der Waals surface area contributed by atoms with E-state index in [2.05, 4.69) is 275 Å². The number of hydrogen-bond donors (Lipinski definition) is 0. The normalized spacial score (nSPS) is 13.0. The molecule has 2 aliphatic rings. The van der Waals surface area contributed by atoms with Crippen LogP contribution in [-0.2, 0) is 10.8 Å². The molecule has 2 nitrogen and oxygen atoms in total. The number of nitrogens with zero attached hydrogens (tertiary/aromatic N) is 2. The molecule has 346 valence electrons. The molecule has 0 amide bonds. The Morgan fingerprint density at radius 2 is 0.861 bits per heavy atom. The number of hydrogen-bond acceptors (Lipinski definition) is 2. The Morgan fingerprint density at radius 1 is 0.375 bits per heavy atom. The summed E-state index contributed by atoms with van der Waals surface area (Å²) in [5.41, 5.74) is 23.4. The van der Waals surface area contributed by atoms with Crippen molar-refractivity contribution in [1.29, 1.82) is 0 Å². The van der Waals surface area contributed by atoms with E-state index in [-0.39, 0.29) is 17.5 Å². The number of anilines is 3. The summed E-state index contributed by atoms with van der Waals surface area (Å²) in [6, 6.07) is 84.5. The fourth-order valence-corrected chi connectivity index (χ4v) is 12.6. The molecule has 1 aromatic heterocycles. The van der Waals surface area contributed by atoms with Crippen LogP contribution in [0.3, 0.4) is 0 Å². The van der Waals surface area contributed by atoms with Crippen LogP contribution in [0.2, 0.25) is 0 Å². The summed E-state index contributed by atoms with van der Waals surface area (Å²) in [5, 5.41) is 2.58. The highest BCUT2D eigenvalue weighted by atomic mass is 32.2. The predicted octanol–water partition coefficient (Wildman–Crippen LogP) is 16.8. The molecule has 0 N–H and O–H groups in total. The van der Waals surface area contributed by atoms with Gasteiger partial charge in [-0.15, -0.1) is 0 Å². The van der Waals surface area contributed by atoms with Gasteiger partial charge in [0.25, 0.3) is 0 Å². The lowest BCUT2D eigenvalue weighted by molar-refractivity contribution is 0.590. The fraction of sp³-hybridized carbons (Fsp3) is 0.118. The molecule has 0 radical (unpaired) electrons. The second kappa shape index (κ2) is 16.9. The Labute approximate surface area is 428 Å². The van der Waals surface area contributed by atoms with Crippen LogP contribution in [0, 0.1) is 0 Å². The molecular formula is C68H55BN2S. The highest BCUT2D eigenvalue weighted by Crippen LogP contribution is 2.51. The molecule has 3 heterocycles. The highest BCUT2D eigenvalue weighted by molar-refractivity contribution is 8.00. The third kappa shape index (κ3) is 7.34. The largest absolute Gasteiger partial charge is 0.310 e. The van der Waals surface area contributed by atoms with Crippen molar-refractivity contribution >= 4 is 73.7 Å². The van der Waals surface area contributed by atoms with E-state index in [0.717, 1.165) is 5.69 Å². The first-order chi connectivity index (χ1) is 35.0. The van der Waals surface area contributed by atoms with Crippen molar-refractivity contribution in [2.45, 2.75) is 62.2 Å². The van der Waals surface area contributed by atoms with E-state index >= 15 is 0 Å². The summed E-state index contributed by atoms with van der Waals surface area (Å²) in [7, 11) is 0. The fourth-order valence-electron chi connectivity index (χ4n) is 11.5. The lowest BCUT2D eigenvalue weighted by Gasteiger charge is -2.42. The van der Waals surface area contributed by atoms with E-state index in [4.69, 9.17) is 0 Å². The molecule has 0 atom stereocenters. The average Bonchev–Trinajstić information content (AvgIpc) is 3.74. The van der Waals surface area contributed by atoms with Crippen LogP contribution in [0.4, 0.5) is 17.1 Å². The van der Waals surface area contributed by atoms with E-state index in [1.807, 2.05) is 11.8 Å². The van der Waals surface area contributed by atoms with Crippen molar-refractivity contribution in [2.75, 3.05) is 4.90 Å². The Hall–Kier alpha value is -7.79. The van der Waals surface area contributed by atoms with Crippen LogP contribution in [0.1, 0.15) is 52.7 Å². The molecule has 10 aromatic carbocycles. The summed E-state index contributed by atoms with van der Waals surface area (Å²) < 4.78 is 2.55. The quantitative estimate of drug-likeness (QED) is 0.154. The summed E-state index contributed by atoms with van der Waals surface area (Å²) in [6.07, 6.45) is 0. The zero-order valence-corrected chi connectivity index (χ0v) is 42.6. The van der Waals surface area contributed by atoms with Gasteiger partial charge in [0.15, 0.2) is 0 Å². The molecule has 11 aromatic rings. The number of fused-ring (bicyclic) bond motifs is 7. The van der Waals surface area contributed by atoms with Gasteiger partial charge in [-0.05, 0) is 115 Å². The topological polar surface area (TPSA) is 8.17 Å². The maximum absolute atomic E-state index is 2.64. The van der Waals surface area contributed by atoms with Crippen molar-refractivity contribution in [3.63, 3.8) is 0 Å². The second-order valence-corrected chi connectivity index (χ2v) is 22.8. The smallest absolute Gasteiger partial charge is 0.249 e. The summed E-state index contributed by atoms with van der Waals surface area (Å²) in [4.78, 5) is 5.21. The van der Waals surface area contributed by atoms with E-state index < -0.39 is 0 Å². The van der Waals surface area contributed by atoms with Gasteiger partial charge in [-0.25, -0.2) is 0 Å². The molecule has 0 spiro atoms. The molecule has 13 rings (SSSR count). The summed E-state index contributed by atoms with van der Waals surface area (Å²) in [5.74, 6) is 0. The predicted molar refractivity (Wildman–Crippen MR) is 310 cm³/mol. The Kier molecular flexibility index (Phi) is 10.4. The maximum atomic E-state index is 2.64. The molecule has 0 saturated heterocycles. The van der Waals surface area contributed by atoms with Gasteiger partial charge < -0.3 is 9.47 Å². The van der Waals surface area contributed by atoms with Crippen molar-refractivity contribution in [1.82, 2.24) is 4.57 Å². The van der Waals surface area contributed by atoms with Gasteiger partial charge >= 0.3 is 0 Å². The van der Waals surface area contributed by atoms with Crippen molar-refractivity contribution in [2.24, 2.45) is 0 Å². The van der Waals surface area contributed by atoms with Crippen LogP contribution >= 0.6 is 11.8 Å². The van der Waals surface area contributed by atoms with Crippen LogP contribution in [0.25, 0.3) is 72.0 Å². The molecule has 4 heteroatoms. The minimum Gasteiger partial charge on any atom is -0.310 e. The standard InChI is InChI=1S/C68H55BN2S/c1-67(2,3)50-32-35-59-55(40-50)56-41-51(68(4,5)6)33-36-60(56)70(59)52-42-62-65-64(43-52)72-63-37-31-49(45-22-13-8-14-23-45)39-58(63)69(65)57-38-48(44-20-11-7-12-21-44)30-34-61(57)71(62)66-53(46-24-15-9-16-25-46)28-19-29-54(66)47-26-17-10-18-27-47/h7-43H,1-6H3. The number of para-hydroxylation sites is 1. The first-order valence-electron chi connectivity index (χ1n) is 25.4. The van der Waals surface area contributed by atoms with E-state index in [1.165, 1.54) is 121 Å². The van der Waals surface area contributed by atoms with E-state index in [0.29, 0.717) is 0 Å². The first kappa shape index (κ1) is 44.2. The number of benzene rings is 10. The van der Waals surface area contributed by atoms with Crippen LogP contribution in [-0.4, -0.2) is 11.3 Å². The van der Waals surface area contributed by atoms with Gasteiger partial charge in [-0.3, -0.25) is 0 Å². The second-order valence-electron chi connectivity index (χ2n) is 21.7. The Bertz CT molecular complexity index is 3770. The molecule has 0 fully saturated rings. The van der Waals surface area contributed by atoms with E-state index in [9.17, 15) is 0 Å². The third-order valence-corrected chi connectivity index (χ3v) is 16.3. The summed E-state index contributed by atoms with van der Waals surface area (Å²) in [6.45, 7) is 13.9. The van der Waals surface area contributed by atoms with Crippen LogP contribution < -0.4 is 21.3 Å². The van der Waals surface area contributed by atoms with Gasteiger partial charge in [0.05, 0.1) is 16.7 Å². The van der Waals surface area contributed by atoms with Crippen LogP contribution in [0.5, 0.6) is 0 Å². The van der Waals surface area contributed by atoms with Crippen molar-refractivity contribution in [3.8, 4) is 50.2 Å². The van der Waals surface area contributed by atoms with Gasteiger partial charge in [-0.2, -0.15) is 0 Å². The molecule has 0 bridgehead atoms.